The number of ether oxygens (including phenoxy) is 1. The van der Waals surface area contributed by atoms with Gasteiger partial charge in [-0.25, -0.2) is 14.5 Å². The number of aryl methyl sites for hydroxylation is 1. The minimum atomic E-state index is -0.636. The topological polar surface area (TPSA) is 98.8 Å². The third-order valence-corrected chi connectivity index (χ3v) is 5.87. The Morgan fingerprint density at radius 3 is 2.47 bits per heavy atom. The summed E-state index contributed by atoms with van der Waals surface area (Å²) < 4.78 is 12.0. The number of hydrogen-bond donors (Lipinski definition) is 0. The smallest absolute Gasteiger partial charge is 0.419 e. The number of esters is 1. The van der Waals surface area contributed by atoms with E-state index >= 15 is 0 Å². The van der Waals surface area contributed by atoms with Crippen LogP contribution in [0.15, 0.2) is 75.9 Å². The van der Waals surface area contributed by atoms with E-state index < -0.39 is 23.5 Å². The Morgan fingerprint density at radius 2 is 1.65 bits per heavy atom. The predicted molar refractivity (Wildman–Crippen MR) is 124 cm³/mol. The predicted octanol–water partition coefficient (Wildman–Crippen LogP) is 4.30. The fourth-order valence-corrected chi connectivity index (χ4v) is 4.14. The summed E-state index contributed by atoms with van der Waals surface area (Å²) in [6.07, 6.45) is 0.387. The molecule has 4 aromatic rings. The summed E-state index contributed by atoms with van der Waals surface area (Å²) in [6.45, 7) is 0.369. The maximum Gasteiger partial charge on any atom is 0.419 e. The molecule has 0 saturated carbocycles. The van der Waals surface area contributed by atoms with Gasteiger partial charge in [0.25, 0.3) is 11.8 Å². The number of carbonyl (C=O) groups is 3. The fraction of sp³-hybridized carbons (Fsp3) is 0.120. The lowest BCUT2D eigenvalue weighted by Crippen LogP contribution is -2.29. The van der Waals surface area contributed by atoms with Crippen LogP contribution in [0.4, 0.5) is 5.69 Å². The molecule has 0 spiro atoms. The van der Waals surface area contributed by atoms with E-state index in [1.807, 2.05) is 0 Å². The fourth-order valence-electron chi connectivity index (χ4n) is 3.92. The monoisotopic (exact) mass is 476 g/mol. The Morgan fingerprint density at radius 1 is 0.912 bits per heavy atom. The van der Waals surface area contributed by atoms with Gasteiger partial charge in [0, 0.05) is 6.54 Å². The average molecular weight is 477 g/mol. The minimum absolute atomic E-state index is 0.0560. The van der Waals surface area contributed by atoms with Gasteiger partial charge < -0.3 is 9.15 Å². The van der Waals surface area contributed by atoms with Gasteiger partial charge in [0.15, 0.2) is 5.58 Å². The number of amides is 2. The van der Waals surface area contributed by atoms with Crippen molar-refractivity contribution in [1.82, 2.24) is 4.57 Å². The van der Waals surface area contributed by atoms with Crippen molar-refractivity contribution in [2.24, 2.45) is 0 Å². The Labute approximate surface area is 197 Å². The number of oxazole rings is 1. The molecule has 8 nitrogen and oxygen atoms in total. The third kappa shape index (κ3) is 3.68. The molecule has 3 aromatic carbocycles. The molecule has 1 aliphatic heterocycles. The van der Waals surface area contributed by atoms with Gasteiger partial charge in [-0.1, -0.05) is 35.9 Å². The van der Waals surface area contributed by atoms with Crippen LogP contribution >= 0.6 is 11.6 Å². The number of imide groups is 1. The number of para-hydroxylation sites is 3. The number of nitrogens with zero attached hydrogens (tertiary/aromatic N) is 2. The normalized spacial score (nSPS) is 12.9. The van der Waals surface area contributed by atoms with Gasteiger partial charge in [-0.2, -0.15) is 0 Å². The second kappa shape index (κ2) is 8.64. The molecule has 2 amide bonds. The zero-order valence-corrected chi connectivity index (χ0v) is 18.4. The van der Waals surface area contributed by atoms with E-state index in [9.17, 15) is 19.2 Å². The second-order valence-electron chi connectivity index (χ2n) is 7.63. The maximum atomic E-state index is 12.9. The first kappa shape index (κ1) is 21.7. The van der Waals surface area contributed by atoms with E-state index in [0.29, 0.717) is 24.1 Å². The number of benzene rings is 3. The van der Waals surface area contributed by atoms with Crippen molar-refractivity contribution in [2.45, 2.75) is 13.0 Å². The highest BCUT2D eigenvalue weighted by atomic mass is 35.5. The molecule has 9 heteroatoms. The number of hydrogen-bond acceptors (Lipinski definition) is 6. The highest BCUT2D eigenvalue weighted by Gasteiger charge is 2.38. The molecule has 1 aliphatic rings. The van der Waals surface area contributed by atoms with Gasteiger partial charge in [-0.3, -0.25) is 14.2 Å². The molecule has 0 N–H and O–H groups in total. The first-order chi connectivity index (χ1) is 16.5. The zero-order chi connectivity index (χ0) is 23.8. The summed E-state index contributed by atoms with van der Waals surface area (Å²) in [5.74, 6) is -2.18. The van der Waals surface area contributed by atoms with E-state index in [4.69, 9.17) is 20.8 Å². The van der Waals surface area contributed by atoms with E-state index in [-0.39, 0.29) is 34.0 Å². The van der Waals surface area contributed by atoms with Crippen LogP contribution in [0.3, 0.4) is 0 Å². The lowest BCUT2D eigenvalue weighted by atomic mass is 10.1. The molecule has 0 aliphatic carbocycles. The molecule has 0 unspecified atom stereocenters. The van der Waals surface area contributed by atoms with Crippen LogP contribution in [0.5, 0.6) is 0 Å². The lowest BCUT2D eigenvalue weighted by molar-refractivity contribution is 0.0495. The van der Waals surface area contributed by atoms with Crippen LogP contribution in [0.2, 0.25) is 5.02 Å². The Bertz CT molecular complexity index is 1520. The first-order valence-corrected chi connectivity index (χ1v) is 10.9. The number of aromatic nitrogens is 1. The van der Waals surface area contributed by atoms with Crippen molar-refractivity contribution in [3.63, 3.8) is 0 Å². The van der Waals surface area contributed by atoms with Crippen molar-refractivity contribution in [3.05, 3.63) is 99.0 Å². The summed E-state index contributed by atoms with van der Waals surface area (Å²) in [7, 11) is 0. The Balaban J connectivity index is 1.26. The molecule has 0 radical (unpaired) electrons. The highest BCUT2D eigenvalue weighted by molar-refractivity contribution is 6.39. The highest BCUT2D eigenvalue weighted by Crippen LogP contribution is 2.33. The summed E-state index contributed by atoms with van der Waals surface area (Å²) in [6, 6.07) is 17.8. The summed E-state index contributed by atoms with van der Waals surface area (Å²) in [4.78, 5) is 51.3. The molecule has 0 bridgehead atoms. The molecule has 170 valence electrons. The third-order valence-electron chi connectivity index (χ3n) is 5.55. The van der Waals surface area contributed by atoms with E-state index in [1.165, 1.54) is 22.8 Å². The largest absolute Gasteiger partial charge is 0.462 e. The average Bonchev–Trinajstić information content (AvgIpc) is 3.29. The Kier molecular flexibility index (Phi) is 5.51. The maximum absolute atomic E-state index is 12.9. The number of carbonyl (C=O) groups excluding carboxylic acids is 3. The van der Waals surface area contributed by atoms with Gasteiger partial charge in [0.05, 0.1) is 39.5 Å². The van der Waals surface area contributed by atoms with Crippen LogP contribution in [0, 0.1) is 0 Å². The van der Waals surface area contributed by atoms with Crippen molar-refractivity contribution < 1.29 is 23.5 Å². The SMILES string of the molecule is O=C(OCCCn1c(=O)oc2ccccc21)c1ccc2c(c1)C(=O)N(c1ccccc1Cl)C2=O. The number of anilines is 1. The minimum Gasteiger partial charge on any atom is -0.462 e. The van der Waals surface area contributed by atoms with Gasteiger partial charge in [-0.05, 0) is 48.9 Å². The molecule has 5 rings (SSSR count). The number of fused-ring (bicyclic) bond motifs is 2. The van der Waals surface area contributed by atoms with Crippen molar-refractivity contribution in [1.29, 1.82) is 0 Å². The zero-order valence-electron chi connectivity index (χ0n) is 17.7. The van der Waals surface area contributed by atoms with Crippen molar-refractivity contribution >= 4 is 46.2 Å². The van der Waals surface area contributed by atoms with E-state index in [2.05, 4.69) is 0 Å². The summed E-state index contributed by atoms with van der Waals surface area (Å²) in [5, 5.41) is 0.265. The van der Waals surface area contributed by atoms with E-state index in [0.717, 1.165) is 4.90 Å². The number of rotatable bonds is 6. The standard InChI is InChI=1S/C25H17ClN2O6/c26-18-6-1-2-7-19(18)28-22(29)16-11-10-15(14-17(16)23(28)30)24(31)33-13-5-12-27-20-8-3-4-9-21(20)34-25(27)32/h1-4,6-11,14H,5,12-13H2. The molecular weight excluding hydrogens is 460 g/mol. The molecular formula is C25H17ClN2O6. The summed E-state index contributed by atoms with van der Waals surface area (Å²) in [5.41, 5.74) is 1.88. The van der Waals surface area contributed by atoms with Gasteiger partial charge in [-0.15, -0.1) is 0 Å². The lowest BCUT2D eigenvalue weighted by Gasteiger charge is -2.15. The van der Waals surface area contributed by atoms with Gasteiger partial charge >= 0.3 is 11.7 Å². The summed E-state index contributed by atoms with van der Waals surface area (Å²) >= 11 is 6.16. The molecule has 34 heavy (non-hydrogen) atoms. The second-order valence-corrected chi connectivity index (χ2v) is 8.04. The molecule has 1 aromatic heterocycles. The van der Waals surface area contributed by atoms with Gasteiger partial charge in [0.2, 0.25) is 0 Å². The molecule has 0 saturated heterocycles. The molecule has 0 atom stereocenters. The Hall–Kier alpha value is -4.17. The number of halogens is 1. The molecule has 0 fully saturated rings. The van der Waals surface area contributed by atoms with Gasteiger partial charge in [0.1, 0.15) is 0 Å². The van der Waals surface area contributed by atoms with Crippen LogP contribution < -0.4 is 10.7 Å². The first-order valence-electron chi connectivity index (χ1n) is 10.5. The van der Waals surface area contributed by atoms with Crippen molar-refractivity contribution in [3.8, 4) is 0 Å². The van der Waals surface area contributed by atoms with E-state index in [1.54, 1.807) is 48.5 Å². The quantitative estimate of drug-likeness (QED) is 0.234. The van der Waals surface area contributed by atoms with Crippen LogP contribution in [0.1, 0.15) is 37.5 Å². The molecule has 2 heterocycles. The van der Waals surface area contributed by atoms with Crippen LogP contribution in [-0.4, -0.2) is 29.0 Å². The van der Waals surface area contributed by atoms with Crippen molar-refractivity contribution in [2.75, 3.05) is 11.5 Å². The van der Waals surface area contributed by atoms with Crippen LogP contribution in [-0.2, 0) is 11.3 Å². The van der Waals surface area contributed by atoms with Crippen LogP contribution in [0.25, 0.3) is 11.1 Å².